The second kappa shape index (κ2) is 22.6. The van der Waals surface area contributed by atoms with Gasteiger partial charge in [0.1, 0.15) is 79.5 Å². The zero-order chi connectivity index (χ0) is 56.2. The second-order valence-corrected chi connectivity index (χ2v) is 22.7. The number of rotatable bonds is 20. The van der Waals surface area contributed by atoms with Gasteiger partial charge in [0.25, 0.3) is 16.7 Å². The first-order chi connectivity index (χ1) is 36.8. The van der Waals surface area contributed by atoms with Crippen molar-refractivity contribution in [3.05, 3.63) is 110 Å². The number of anilines is 1. The molecule has 4 aliphatic rings. The topological polar surface area (TPSA) is 479 Å². The maximum atomic E-state index is 13.9. The van der Waals surface area contributed by atoms with Crippen molar-refractivity contribution in [3.63, 3.8) is 0 Å². The van der Waals surface area contributed by atoms with Gasteiger partial charge in [-0.1, -0.05) is 0 Å². The number of aryl methyl sites for hydroxylation is 3. The Bertz CT molecular complexity index is 3580. The van der Waals surface area contributed by atoms with Crippen LogP contribution in [0.4, 0.5) is 5.82 Å². The lowest BCUT2D eigenvalue weighted by Crippen LogP contribution is -2.33. The average molecular weight is 1160 g/mol. The van der Waals surface area contributed by atoms with Crippen molar-refractivity contribution < 1.29 is 84.7 Å². The lowest BCUT2D eigenvalue weighted by Gasteiger charge is -2.25. The van der Waals surface area contributed by atoms with Crippen LogP contribution in [-0.2, 0) is 59.8 Å². The summed E-state index contributed by atoms with van der Waals surface area (Å²) in [7, 11) is -15.8. The molecule has 3 unspecified atom stereocenters. The number of nitrogens with one attached hydrogen (secondary N) is 3. The molecule has 78 heavy (non-hydrogen) atoms. The Morgan fingerprint density at radius 2 is 0.949 bits per heavy atom. The third-order valence-electron chi connectivity index (χ3n) is 13.0. The first-order valence-electron chi connectivity index (χ1n) is 23.5. The largest absolute Gasteiger partial charge is 0.472 e. The van der Waals surface area contributed by atoms with Crippen molar-refractivity contribution in [2.75, 3.05) is 32.2 Å². The summed E-state index contributed by atoms with van der Waals surface area (Å²) in [4.78, 5) is 126. The van der Waals surface area contributed by atoms with Crippen molar-refractivity contribution in [1.82, 2.24) is 48.2 Å². The molecule has 5 aromatic heterocycles. The molecule has 426 valence electrons. The third-order valence-corrected chi connectivity index (χ3v) is 16.0. The van der Waals surface area contributed by atoms with E-state index in [0.29, 0.717) is 0 Å². The number of aromatic amines is 3. The summed E-state index contributed by atoms with van der Waals surface area (Å²) in [5, 5.41) is 20.8. The van der Waals surface area contributed by atoms with E-state index < -0.39 is 170 Å². The summed E-state index contributed by atoms with van der Waals surface area (Å²) in [6.45, 7) is 0.707. The third kappa shape index (κ3) is 12.6. The Balaban J connectivity index is 0.885. The molecule has 15 atom stereocenters. The van der Waals surface area contributed by atoms with E-state index >= 15 is 0 Å². The van der Waals surface area contributed by atoms with Gasteiger partial charge >= 0.3 is 40.5 Å². The monoisotopic (exact) mass is 1160 g/mol. The van der Waals surface area contributed by atoms with Gasteiger partial charge in [0.05, 0.1) is 38.9 Å². The van der Waals surface area contributed by atoms with Gasteiger partial charge in [-0.05, 0) is 20.8 Å². The second-order valence-electron chi connectivity index (χ2n) is 18.5. The van der Waals surface area contributed by atoms with E-state index in [0.717, 1.165) is 26.1 Å². The molecule has 0 aliphatic carbocycles. The number of phosphoric acid groups is 3. The summed E-state index contributed by atoms with van der Waals surface area (Å²) in [6, 6.07) is 0. The number of hydrogen-bond acceptors (Lipinski definition) is 25. The highest BCUT2D eigenvalue weighted by Gasteiger charge is 2.48. The first-order valence-corrected chi connectivity index (χ1v) is 28.0. The van der Waals surface area contributed by atoms with E-state index in [-0.39, 0.29) is 46.5 Å². The maximum absolute atomic E-state index is 13.9. The van der Waals surface area contributed by atoms with Crippen LogP contribution in [0.2, 0.25) is 0 Å². The van der Waals surface area contributed by atoms with Crippen molar-refractivity contribution in [2.45, 2.75) is 120 Å². The molecule has 10 N–H and O–H groups in total. The molecule has 9 rings (SSSR count). The van der Waals surface area contributed by atoms with Gasteiger partial charge in [0, 0.05) is 61.0 Å². The minimum atomic E-state index is -5.42. The van der Waals surface area contributed by atoms with Gasteiger partial charge in [-0.2, -0.15) is 0 Å². The number of nitrogen functional groups attached to an aromatic ring is 1. The molecule has 4 aliphatic heterocycles. The predicted molar refractivity (Wildman–Crippen MR) is 257 cm³/mol. The summed E-state index contributed by atoms with van der Waals surface area (Å²) in [5.41, 5.74) is 1.69. The fourth-order valence-corrected chi connectivity index (χ4v) is 11.9. The Hall–Kier alpha value is -5.52. The van der Waals surface area contributed by atoms with E-state index in [1.165, 1.54) is 44.2 Å². The molecule has 35 nitrogen and oxygen atoms in total. The van der Waals surface area contributed by atoms with Gasteiger partial charge < -0.3 is 49.6 Å². The molecule has 0 saturated carbocycles. The standard InChI is InChI=1S/C40H52N11O24P3/c1-17-8-48(38(57)45-35(17)54)29-5-21(24(11-52)69-29)73-77(62,63)67-13-26-23(7-31(71-26)50-10-19(3)37(56)47-40(50)59)75-78(64,65)68-14-27-22(6-30(72-27)49-9-18(2)36(55)46-39(49)58)74-76(60,61)66-12-25-20(53)4-28(70-25)51-16-44-32-33(41)42-15-43-34(32)51/h8-10,15-16,20-31,52-53H,4-7,11-14H2,1-3H3,(H,60,61)(H,62,63)(H,64,65)(H2,41,42,43)(H,45,54,57)(H,46,55,58)(H,47,56,59)/t20-,21-,22-,23-,24+,25+,26+,27+,28+,29+,30+,31+/m0/s1. The lowest BCUT2D eigenvalue weighted by atomic mass is 10.2. The molecule has 4 saturated heterocycles. The molecule has 0 spiro atoms. The Morgan fingerprint density at radius 1 is 0.577 bits per heavy atom. The van der Waals surface area contributed by atoms with Crippen molar-refractivity contribution in [1.29, 1.82) is 0 Å². The molecule has 0 radical (unpaired) electrons. The highest BCUT2D eigenvalue weighted by atomic mass is 31.2. The maximum Gasteiger partial charge on any atom is 0.472 e. The number of ether oxygens (including phenoxy) is 4. The fourth-order valence-electron chi connectivity index (χ4n) is 9.03. The van der Waals surface area contributed by atoms with Crippen LogP contribution in [0.5, 0.6) is 0 Å². The zero-order valence-corrected chi connectivity index (χ0v) is 43.7. The normalized spacial score (nSPS) is 29.7. The average Bonchev–Trinajstić information content (AvgIpc) is 4.22. The van der Waals surface area contributed by atoms with Gasteiger partial charge in [-0.25, -0.2) is 43.0 Å². The van der Waals surface area contributed by atoms with Gasteiger partial charge in [-0.15, -0.1) is 0 Å². The van der Waals surface area contributed by atoms with Crippen LogP contribution < -0.4 is 39.5 Å². The van der Waals surface area contributed by atoms with E-state index in [4.69, 9.17) is 51.8 Å². The summed E-state index contributed by atoms with van der Waals surface area (Å²) in [6.07, 6.45) is -11.7. The molecule has 38 heteroatoms. The number of nitrogens with two attached hydrogens (primary N) is 1. The number of hydrogen-bond donors (Lipinski definition) is 9. The number of nitrogens with zero attached hydrogens (tertiary/aromatic N) is 7. The lowest BCUT2D eigenvalue weighted by molar-refractivity contribution is -0.0637. The predicted octanol–water partition coefficient (Wildman–Crippen LogP) is -2.01. The van der Waals surface area contributed by atoms with Crippen LogP contribution in [0.1, 0.15) is 67.3 Å². The van der Waals surface area contributed by atoms with Crippen LogP contribution in [-0.4, -0.2) is 148 Å². The zero-order valence-electron chi connectivity index (χ0n) is 41.0. The molecule has 0 amide bonds. The van der Waals surface area contributed by atoms with Crippen LogP contribution >= 0.6 is 23.5 Å². The quantitative estimate of drug-likeness (QED) is 0.0380. The molecule has 5 aromatic rings. The smallest absolute Gasteiger partial charge is 0.394 e. The van der Waals surface area contributed by atoms with E-state index in [1.807, 2.05) is 0 Å². The fraction of sp³-hybridized carbons (Fsp3) is 0.575. The number of phosphoric ester groups is 3. The Labute approximate surface area is 435 Å². The van der Waals surface area contributed by atoms with E-state index in [2.05, 4.69) is 29.9 Å². The number of fused-ring (bicyclic) bond motifs is 1. The molecule has 0 aromatic carbocycles. The summed E-state index contributed by atoms with van der Waals surface area (Å²) >= 11 is 0. The number of aliphatic hydroxyl groups excluding tert-OH is 2. The van der Waals surface area contributed by atoms with Gasteiger partial charge in [0.2, 0.25) is 0 Å². The molecular weight excluding hydrogens is 1110 g/mol. The Morgan fingerprint density at radius 3 is 1.37 bits per heavy atom. The van der Waals surface area contributed by atoms with Gasteiger partial charge in [0.15, 0.2) is 11.5 Å². The van der Waals surface area contributed by atoms with Crippen LogP contribution in [0.15, 0.2) is 60.0 Å². The summed E-state index contributed by atoms with van der Waals surface area (Å²) < 4.78 is 101. The molecule has 0 bridgehead atoms. The SMILES string of the molecule is Cc1cn([C@H]2C[C@H](OP(=O)(O)OC[C@H]3O[C@@H](n4cc(C)c(=O)[nH]c4=O)C[C@@H]3OP(=O)(O)OC[C@H]3O[C@@H](n4cc(C)c(=O)[nH]c4=O)C[C@@H]3OP(=O)(O)OC[C@H]3O[C@@H](n4cnc5c(N)ncnc54)C[C@@H]3O)[C@@H](CO)O2)c(=O)[nH]c1=O. The summed E-state index contributed by atoms with van der Waals surface area (Å²) in [5.74, 6) is 0.0923. The number of imidazole rings is 1. The van der Waals surface area contributed by atoms with Crippen LogP contribution in [0.3, 0.4) is 0 Å². The first kappa shape index (κ1) is 57.2. The molecule has 9 heterocycles. The van der Waals surface area contributed by atoms with Crippen molar-refractivity contribution >= 4 is 40.4 Å². The van der Waals surface area contributed by atoms with Crippen molar-refractivity contribution in [2.24, 2.45) is 0 Å². The van der Waals surface area contributed by atoms with E-state index in [1.54, 1.807) is 0 Å². The molecule has 4 fully saturated rings. The number of aliphatic hydroxyl groups is 2. The highest BCUT2D eigenvalue weighted by molar-refractivity contribution is 7.48. The van der Waals surface area contributed by atoms with Crippen molar-refractivity contribution in [3.8, 4) is 0 Å². The van der Waals surface area contributed by atoms with E-state index in [9.17, 15) is 67.4 Å². The van der Waals surface area contributed by atoms with Crippen LogP contribution in [0, 0.1) is 20.8 Å². The minimum absolute atomic E-state index is 0.0352. The highest BCUT2D eigenvalue weighted by Crippen LogP contribution is 2.53. The number of aromatic nitrogens is 10. The Kier molecular flexibility index (Phi) is 16.5. The van der Waals surface area contributed by atoms with Gasteiger partial charge in [-0.3, -0.25) is 74.7 Å². The van der Waals surface area contributed by atoms with Crippen LogP contribution in [0.25, 0.3) is 11.2 Å². The molecular formula is C40H52N11O24P3. The number of H-pyrrole nitrogens is 3. The minimum Gasteiger partial charge on any atom is -0.394 e.